The van der Waals surface area contributed by atoms with Crippen LogP contribution >= 0.6 is 39.1 Å². The highest BCUT2D eigenvalue weighted by Crippen LogP contribution is 2.41. The molecule has 60 heavy (non-hydrogen) atoms. The molecule has 0 radical (unpaired) electrons. The smallest absolute Gasteiger partial charge is 0.399 e. The molecule has 0 aliphatic carbocycles. The number of hydrogen-bond acceptors (Lipinski definition) is 6. The fourth-order valence-corrected chi connectivity index (χ4v) is 8.98. The monoisotopic (exact) mass is 956 g/mol. The molecular weight excluding hydrogens is 904 g/mol. The first-order valence-corrected chi connectivity index (χ1v) is 29.1. The van der Waals surface area contributed by atoms with Crippen LogP contribution in [0.4, 0.5) is 8.78 Å². The Labute approximate surface area is 373 Å². The number of aromatic nitrogens is 4. The van der Waals surface area contributed by atoms with E-state index in [1.807, 2.05) is 61.4 Å². The van der Waals surface area contributed by atoms with Crippen molar-refractivity contribution in [2.75, 3.05) is 13.2 Å². The molecule has 1 saturated heterocycles. The van der Waals surface area contributed by atoms with E-state index in [4.69, 9.17) is 47.0 Å². The number of rotatable bonds is 13. The van der Waals surface area contributed by atoms with Crippen molar-refractivity contribution in [3.63, 3.8) is 0 Å². The minimum absolute atomic E-state index is 0.290. The molecule has 1 fully saturated rings. The maximum Gasteiger partial charge on any atom is 0.497 e. The van der Waals surface area contributed by atoms with Crippen LogP contribution in [-0.4, -0.2) is 66.8 Å². The minimum Gasteiger partial charge on any atom is -0.399 e. The summed E-state index contributed by atoms with van der Waals surface area (Å²) in [5.74, 6) is -0.611. The predicted molar refractivity (Wildman–Crippen MR) is 252 cm³/mol. The van der Waals surface area contributed by atoms with Crippen LogP contribution in [0.25, 0.3) is 44.3 Å². The van der Waals surface area contributed by atoms with Crippen LogP contribution in [0.1, 0.15) is 27.7 Å². The predicted octanol–water partition coefficient (Wildman–Crippen LogP) is 12.7. The fraction of sp³-hybridized carbons (Fsp3) is 0.409. The quantitative estimate of drug-likeness (QED) is 0.0848. The van der Waals surface area contributed by atoms with E-state index in [1.165, 1.54) is 12.1 Å². The Hall–Kier alpha value is -2.92. The zero-order valence-electron chi connectivity index (χ0n) is 36.1. The summed E-state index contributed by atoms with van der Waals surface area (Å²) in [7, 11) is -3.02. The van der Waals surface area contributed by atoms with Crippen molar-refractivity contribution >= 4 is 89.9 Å². The molecule has 0 unspecified atom stereocenters. The van der Waals surface area contributed by atoms with E-state index >= 15 is 0 Å². The van der Waals surface area contributed by atoms with E-state index in [0.717, 1.165) is 17.5 Å². The molecule has 1 aliphatic heterocycles. The highest BCUT2D eigenvalue weighted by Gasteiger charge is 2.52. The maximum absolute atomic E-state index is 14.8. The van der Waals surface area contributed by atoms with Crippen LogP contribution < -0.4 is 5.46 Å². The van der Waals surface area contributed by atoms with E-state index in [9.17, 15) is 8.78 Å². The Bertz CT molecular complexity index is 2470. The van der Waals surface area contributed by atoms with Gasteiger partial charge in [-0.2, -0.15) is 0 Å². The van der Waals surface area contributed by atoms with Crippen molar-refractivity contribution < 1.29 is 27.6 Å². The Kier molecular flexibility index (Phi) is 14.3. The lowest BCUT2D eigenvalue weighted by molar-refractivity contribution is 0.00578. The minimum atomic E-state index is -1.21. The summed E-state index contributed by atoms with van der Waals surface area (Å²) >= 11 is 16.9. The Balaban J connectivity index is 0.000000209. The Morgan fingerprint density at radius 2 is 1.08 bits per heavy atom. The van der Waals surface area contributed by atoms with Crippen molar-refractivity contribution in [1.82, 2.24) is 19.1 Å². The van der Waals surface area contributed by atoms with E-state index in [2.05, 4.69) is 60.2 Å². The summed E-state index contributed by atoms with van der Waals surface area (Å²) in [4.78, 5) is 9.19. The van der Waals surface area contributed by atoms with Gasteiger partial charge < -0.3 is 27.9 Å². The molecule has 2 aromatic carbocycles. The van der Waals surface area contributed by atoms with Crippen LogP contribution in [0, 0.1) is 11.6 Å². The molecule has 0 saturated carbocycles. The Morgan fingerprint density at radius 3 is 1.52 bits per heavy atom. The number of fused-ring (bicyclic) bond motifs is 2. The van der Waals surface area contributed by atoms with Gasteiger partial charge in [0.2, 0.25) is 0 Å². The van der Waals surface area contributed by atoms with E-state index in [-0.39, 0.29) is 11.6 Å². The molecule has 7 rings (SSSR count). The second-order valence-corrected chi connectivity index (χ2v) is 31.5. The molecule has 16 heteroatoms. The zero-order valence-corrected chi connectivity index (χ0v) is 41.2. The largest absolute Gasteiger partial charge is 0.497 e. The first-order chi connectivity index (χ1) is 28.1. The third kappa shape index (κ3) is 10.5. The maximum atomic E-state index is 14.8. The van der Waals surface area contributed by atoms with Gasteiger partial charge in [-0.15, -0.1) is 0 Å². The summed E-state index contributed by atoms with van der Waals surface area (Å²) in [5.41, 5.74) is 3.26. The second kappa shape index (κ2) is 18.4. The van der Waals surface area contributed by atoms with Gasteiger partial charge in [-0.05, 0) is 67.8 Å². The van der Waals surface area contributed by atoms with Gasteiger partial charge in [-0.3, -0.25) is 0 Å². The van der Waals surface area contributed by atoms with Crippen molar-refractivity contribution in [3.8, 4) is 22.3 Å². The third-order valence-corrected chi connectivity index (χ3v) is 16.0. The van der Waals surface area contributed by atoms with Gasteiger partial charge in [-0.25, -0.2) is 18.7 Å². The van der Waals surface area contributed by atoms with E-state index < -0.39 is 34.5 Å². The van der Waals surface area contributed by atoms with Crippen molar-refractivity contribution in [2.45, 2.75) is 104 Å². The lowest BCUT2D eigenvalue weighted by atomic mass is 9.79. The average molecular weight is 959 g/mol. The standard InChI is InChI=1S/C25H33BClFN2O3Si.C19H21BrClFN2OSi/c1-24(2)25(3,4)33-26(32-24)19-14-29-23-21(22(19)27)18(17-10-8-9-11-20(17)28)15-30(23)16-31-12-13-34(5,6)7;1-26(2,3)9-8-25-12-24-11-14(13-6-4-5-7-16(13)22)17-18(21)15(20)10-23-19(17)24/h8-11,14-15H,12-13,16H2,1-7H3;4-7,10-11H,8-9,12H2,1-3H3. The van der Waals surface area contributed by atoms with Crippen LogP contribution in [0.3, 0.4) is 0 Å². The number of nitrogens with zero attached hydrogens (tertiary/aromatic N) is 4. The van der Waals surface area contributed by atoms with Gasteiger partial charge in [0, 0.05) is 92.6 Å². The van der Waals surface area contributed by atoms with Crippen LogP contribution in [0.5, 0.6) is 0 Å². The average Bonchev–Trinajstić information content (AvgIpc) is 3.78. The number of ether oxygens (including phenoxy) is 2. The normalized spacial score (nSPS) is 15.2. The van der Waals surface area contributed by atoms with Crippen molar-refractivity contribution in [2.24, 2.45) is 0 Å². The highest BCUT2D eigenvalue weighted by molar-refractivity contribution is 9.10. The van der Waals surface area contributed by atoms with Crippen LogP contribution in [-0.2, 0) is 32.2 Å². The SMILES string of the molecule is CC1(C)OB(c2cnc3c(c(-c4ccccc4F)cn3COCC[Si](C)(C)C)c2Cl)OC1(C)C.C[Si](C)(C)CCOCn1cc(-c2ccccc2F)c2c(Cl)c(Br)cnc21. The second-order valence-electron chi connectivity index (χ2n) is 18.6. The van der Waals surface area contributed by atoms with Gasteiger partial charge in [0.1, 0.15) is 36.4 Å². The van der Waals surface area contributed by atoms with Crippen LogP contribution in [0.2, 0.25) is 61.4 Å². The van der Waals surface area contributed by atoms with Gasteiger partial charge >= 0.3 is 7.12 Å². The molecule has 0 N–H and O–H groups in total. The first-order valence-electron chi connectivity index (χ1n) is 20.1. The summed E-state index contributed by atoms with van der Waals surface area (Å²) < 4.78 is 57.9. The molecule has 4 aromatic heterocycles. The molecule has 0 spiro atoms. The fourth-order valence-electron chi connectivity index (χ4n) is 6.61. The van der Waals surface area contributed by atoms with Gasteiger partial charge in [0.15, 0.2) is 0 Å². The molecule has 6 aromatic rings. The number of halogens is 5. The van der Waals surface area contributed by atoms with E-state index in [0.29, 0.717) is 85.6 Å². The molecule has 1 aliphatic rings. The topological polar surface area (TPSA) is 72.6 Å². The lowest BCUT2D eigenvalue weighted by Crippen LogP contribution is -2.41. The third-order valence-electron chi connectivity index (χ3n) is 10.9. The molecule has 0 amide bonds. The van der Waals surface area contributed by atoms with Gasteiger partial charge in [-0.1, -0.05) is 98.9 Å². The molecule has 0 bridgehead atoms. The zero-order chi connectivity index (χ0) is 43.8. The van der Waals surface area contributed by atoms with Crippen molar-refractivity contribution in [3.05, 3.63) is 99.5 Å². The van der Waals surface area contributed by atoms with E-state index in [1.54, 1.807) is 36.7 Å². The van der Waals surface area contributed by atoms with Gasteiger partial charge in [0.05, 0.1) is 25.7 Å². The molecule has 5 heterocycles. The lowest BCUT2D eigenvalue weighted by Gasteiger charge is -2.32. The van der Waals surface area contributed by atoms with Crippen molar-refractivity contribution in [1.29, 1.82) is 0 Å². The summed E-state index contributed by atoms with van der Waals surface area (Å²) in [6.07, 6.45) is 7.08. The summed E-state index contributed by atoms with van der Waals surface area (Å²) in [6, 6.07) is 15.5. The molecule has 8 nitrogen and oxygen atoms in total. The summed E-state index contributed by atoms with van der Waals surface area (Å²) in [6.45, 7) is 23.9. The molecular formula is C44H54BBrCl2F2N4O4Si2. The Morgan fingerprint density at radius 1 is 0.667 bits per heavy atom. The summed E-state index contributed by atoms with van der Waals surface area (Å²) in [5, 5.41) is 2.35. The molecule has 320 valence electrons. The van der Waals surface area contributed by atoms with Crippen LogP contribution in [0.15, 0.2) is 77.8 Å². The van der Waals surface area contributed by atoms with Gasteiger partial charge in [0.25, 0.3) is 0 Å². The first kappa shape index (κ1) is 46.6. The number of benzene rings is 2. The number of hydrogen-bond donors (Lipinski definition) is 0. The number of pyridine rings is 2. The highest BCUT2D eigenvalue weighted by atomic mass is 79.9. The molecule has 0 atom stereocenters.